The van der Waals surface area contributed by atoms with Crippen molar-refractivity contribution in [1.82, 2.24) is 0 Å². The SMILES string of the molecule is C#CC(=O)/C=C/C=C/C1=CC=CC=C(/C=C/C=C/C(=O)C#C)C1. The Morgan fingerprint density at radius 2 is 1.26 bits per heavy atom. The highest BCUT2D eigenvalue weighted by molar-refractivity contribution is 6.04. The van der Waals surface area contributed by atoms with Crippen molar-refractivity contribution < 1.29 is 9.59 Å². The Morgan fingerprint density at radius 1 is 0.826 bits per heavy atom. The average molecular weight is 300 g/mol. The van der Waals surface area contributed by atoms with E-state index in [2.05, 4.69) is 0 Å². The maximum Gasteiger partial charge on any atom is 0.228 e. The molecule has 0 heterocycles. The fourth-order valence-corrected chi connectivity index (χ4v) is 1.68. The normalized spacial score (nSPS) is 14.7. The zero-order valence-corrected chi connectivity index (χ0v) is 12.6. The van der Waals surface area contributed by atoms with E-state index in [1.807, 2.05) is 48.3 Å². The van der Waals surface area contributed by atoms with Crippen LogP contribution in [-0.2, 0) is 9.59 Å². The van der Waals surface area contributed by atoms with Gasteiger partial charge in [-0.1, -0.05) is 60.8 Å². The molecule has 0 fully saturated rings. The molecule has 2 nitrogen and oxygen atoms in total. The Bertz CT molecular complexity index is 685. The van der Waals surface area contributed by atoms with Crippen molar-refractivity contribution in [3.63, 3.8) is 0 Å². The first kappa shape index (κ1) is 17.7. The summed E-state index contributed by atoms with van der Waals surface area (Å²) in [6, 6.07) is 0. The number of hydrogen-bond acceptors (Lipinski definition) is 2. The minimum absolute atomic E-state index is 0.360. The minimum atomic E-state index is -0.360. The summed E-state index contributed by atoms with van der Waals surface area (Å²) in [5, 5.41) is 0. The third-order valence-corrected chi connectivity index (χ3v) is 2.76. The van der Waals surface area contributed by atoms with Gasteiger partial charge >= 0.3 is 0 Å². The van der Waals surface area contributed by atoms with Crippen LogP contribution in [0, 0.1) is 24.7 Å². The summed E-state index contributed by atoms with van der Waals surface area (Å²) < 4.78 is 0. The summed E-state index contributed by atoms with van der Waals surface area (Å²) in [6.45, 7) is 0. The van der Waals surface area contributed by atoms with Crippen molar-refractivity contribution in [2.24, 2.45) is 0 Å². The molecule has 0 saturated heterocycles. The predicted molar refractivity (Wildman–Crippen MR) is 94.2 cm³/mol. The summed E-state index contributed by atoms with van der Waals surface area (Å²) in [7, 11) is 0. The molecule has 0 bridgehead atoms. The molecule has 0 saturated carbocycles. The quantitative estimate of drug-likeness (QED) is 0.326. The van der Waals surface area contributed by atoms with Crippen LogP contribution >= 0.6 is 0 Å². The topological polar surface area (TPSA) is 34.1 Å². The lowest BCUT2D eigenvalue weighted by Crippen LogP contribution is -1.84. The molecule has 0 unspecified atom stereocenters. The van der Waals surface area contributed by atoms with E-state index in [0.29, 0.717) is 0 Å². The summed E-state index contributed by atoms with van der Waals surface area (Å²) in [5.74, 6) is 3.31. The van der Waals surface area contributed by atoms with E-state index in [-0.39, 0.29) is 11.6 Å². The number of carbonyl (C=O) groups excluding carboxylic acids is 2. The highest BCUT2D eigenvalue weighted by Gasteiger charge is 1.98. The maximum atomic E-state index is 10.9. The Kier molecular flexibility index (Phi) is 7.98. The van der Waals surface area contributed by atoms with E-state index in [9.17, 15) is 9.59 Å². The molecule has 0 amide bonds. The van der Waals surface area contributed by atoms with Crippen LogP contribution in [0.25, 0.3) is 0 Å². The van der Waals surface area contributed by atoms with Gasteiger partial charge in [0.05, 0.1) is 0 Å². The van der Waals surface area contributed by atoms with Crippen molar-refractivity contribution >= 4 is 11.6 Å². The van der Waals surface area contributed by atoms with Crippen LogP contribution in [0.3, 0.4) is 0 Å². The maximum absolute atomic E-state index is 10.9. The van der Waals surface area contributed by atoms with Gasteiger partial charge in [-0.25, -0.2) is 0 Å². The van der Waals surface area contributed by atoms with Crippen LogP contribution in [0.15, 0.2) is 84.1 Å². The van der Waals surface area contributed by atoms with E-state index in [1.54, 1.807) is 24.3 Å². The van der Waals surface area contributed by atoms with Gasteiger partial charge < -0.3 is 0 Å². The number of carbonyl (C=O) groups is 2. The van der Waals surface area contributed by atoms with Gasteiger partial charge in [-0.3, -0.25) is 9.59 Å². The molecule has 1 rings (SSSR count). The van der Waals surface area contributed by atoms with Crippen LogP contribution in [0.4, 0.5) is 0 Å². The smallest absolute Gasteiger partial charge is 0.228 e. The summed E-state index contributed by atoms with van der Waals surface area (Å²) >= 11 is 0. The second kappa shape index (κ2) is 10.4. The van der Waals surface area contributed by atoms with E-state index in [0.717, 1.165) is 17.6 Å². The predicted octanol–water partition coefficient (Wildman–Crippen LogP) is 3.43. The Morgan fingerprint density at radius 3 is 1.65 bits per heavy atom. The van der Waals surface area contributed by atoms with Crippen molar-refractivity contribution in [3.05, 3.63) is 84.1 Å². The highest BCUT2D eigenvalue weighted by atomic mass is 16.1. The fraction of sp³-hybridized carbons (Fsp3) is 0.0476. The third kappa shape index (κ3) is 7.85. The largest absolute Gasteiger partial charge is 0.280 e. The Labute approximate surface area is 137 Å². The number of terminal acetylenes is 2. The van der Waals surface area contributed by atoms with Crippen LogP contribution < -0.4 is 0 Å². The Hall–Kier alpha value is -3.36. The number of ketones is 2. The summed E-state index contributed by atoms with van der Waals surface area (Å²) in [4.78, 5) is 21.9. The minimum Gasteiger partial charge on any atom is -0.280 e. The van der Waals surface area contributed by atoms with Gasteiger partial charge in [0.25, 0.3) is 0 Å². The molecule has 23 heavy (non-hydrogen) atoms. The van der Waals surface area contributed by atoms with E-state index in [1.165, 1.54) is 12.2 Å². The molecule has 0 aromatic carbocycles. The first-order valence-electron chi connectivity index (χ1n) is 6.92. The molecule has 112 valence electrons. The monoisotopic (exact) mass is 300 g/mol. The van der Waals surface area contributed by atoms with Crippen LogP contribution in [0.2, 0.25) is 0 Å². The molecule has 0 atom stereocenters. The number of rotatable bonds is 6. The van der Waals surface area contributed by atoms with Gasteiger partial charge in [0.1, 0.15) is 0 Å². The van der Waals surface area contributed by atoms with Crippen LogP contribution in [-0.4, -0.2) is 11.6 Å². The molecule has 1 aliphatic carbocycles. The van der Waals surface area contributed by atoms with Gasteiger partial charge in [0, 0.05) is 0 Å². The molecule has 0 aromatic rings. The van der Waals surface area contributed by atoms with Gasteiger partial charge in [-0.2, -0.15) is 0 Å². The summed E-state index contributed by atoms with van der Waals surface area (Å²) in [5.41, 5.74) is 2.16. The molecule has 0 N–H and O–H groups in total. The van der Waals surface area contributed by atoms with Crippen molar-refractivity contribution in [1.29, 1.82) is 0 Å². The first-order valence-corrected chi connectivity index (χ1v) is 6.92. The first-order chi connectivity index (χ1) is 11.2. The highest BCUT2D eigenvalue weighted by Crippen LogP contribution is 2.17. The van der Waals surface area contributed by atoms with Gasteiger partial charge in [0.15, 0.2) is 0 Å². The molecular weight excluding hydrogens is 284 g/mol. The van der Waals surface area contributed by atoms with Gasteiger partial charge in [-0.15, -0.1) is 12.8 Å². The number of hydrogen-bond donors (Lipinski definition) is 0. The lowest BCUT2D eigenvalue weighted by molar-refractivity contribution is -0.110. The van der Waals surface area contributed by atoms with E-state index in [4.69, 9.17) is 12.8 Å². The zero-order valence-electron chi connectivity index (χ0n) is 12.6. The standard InChI is InChI=1S/C21H16O2/c1-3-20(22)15-9-7-13-18-11-5-6-12-19(17-18)14-8-10-16-21(23)4-2/h1-2,5-16H,17H2/b13-7+,14-8+,15-9+,16-10+. The van der Waals surface area contributed by atoms with E-state index < -0.39 is 0 Å². The average Bonchev–Trinajstić information content (AvgIpc) is 2.80. The molecular formula is C21H16O2. The lowest BCUT2D eigenvalue weighted by atomic mass is 10.0. The molecule has 2 heteroatoms. The molecule has 1 aliphatic rings. The van der Waals surface area contributed by atoms with Gasteiger partial charge in [-0.05, 0) is 41.6 Å². The second-order valence-electron chi connectivity index (χ2n) is 4.50. The van der Waals surface area contributed by atoms with Gasteiger partial charge in [0.2, 0.25) is 11.6 Å². The second-order valence-corrected chi connectivity index (χ2v) is 4.50. The zero-order chi connectivity index (χ0) is 16.9. The van der Waals surface area contributed by atoms with Crippen molar-refractivity contribution in [2.75, 3.05) is 0 Å². The van der Waals surface area contributed by atoms with Crippen LogP contribution in [0.5, 0.6) is 0 Å². The van der Waals surface area contributed by atoms with Crippen LogP contribution in [0.1, 0.15) is 6.42 Å². The van der Waals surface area contributed by atoms with Crippen molar-refractivity contribution in [2.45, 2.75) is 6.42 Å². The van der Waals surface area contributed by atoms with E-state index >= 15 is 0 Å². The number of allylic oxidation sites excluding steroid dienone is 14. The molecule has 0 radical (unpaired) electrons. The molecule has 0 spiro atoms. The van der Waals surface area contributed by atoms with Crippen molar-refractivity contribution in [3.8, 4) is 24.7 Å². The summed E-state index contributed by atoms with van der Waals surface area (Å²) in [6.07, 6.45) is 31.8. The Balaban J connectivity index is 2.66. The fourth-order valence-electron chi connectivity index (χ4n) is 1.68. The third-order valence-electron chi connectivity index (χ3n) is 2.76. The molecule has 0 aliphatic heterocycles. The molecule has 0 aromatic heterocycles. The lowest BCUT2D eigenvalue weighted by Gasteiger charge is -2.00.